The number of carbonyl (C=O) groups excluding carboxylic acids is 1. The molecule has 2 rings (SSSR count). The van der Waals surface area contributed by atoms with Crippen molar-refractivity contribution < 1.29 is 24.5 Å². The van der Waals surface area contributed by atoms with E-state index in [1.165, 1.54) is 18.7 Å². The van der Waals surface area contributed by atoms with E-state index in [9.17, 15) is 15.0 Å². The summed E-state index contributed by atoms with van der Waals surface area (Å²) >= 11 is 1.48. The number of carbonyl (C=O) groups is 1. The molecule has 2 aromatic carbocycles. The summed E-state index contributed by atoms with van der Waals surface area (Å²) in [6.45, 7) is 1.50. The summed E-state index contributed by atoms with van der Waals surface area (Å²) in [5.74, 6) is 1.37. The van der Waals surface area contributed by atoms with Crippen molar-refractivity contribution in [2.45, 2.75) is 17.9 Å². The van der Waals surface area contributed by atoms with E-state index in [1.807, 2.05) is 0 Å². The molecule has 0 spiro atoms. The largest absolute Gasteiger partial charge is 0.508 e. The predicted octanol–water partition coefficient (Wildman–Crippen LogP) is 2.85. The number of phenols is 1. The first-order valence-electron chi connectivity index (χ1n) is 7.04. The van der Waals surface area contributed by atoms with E-state index in [-0.39, 0.29) is 18.3 Å². The highest BCUT2D eigenvalue weighted by Gasteiger charge is 2.07. The van der Waals surface area contributed by atoms with E-state index < -0.39 is 6.10 Å². The molecule has 6 heteroatoms. The first-order valence-corrected chi connectivity index (χ1v) is 8.02. The number of aliphatic hydroxyl groups is 1. The van der Waals surface area contributed by atoms with Crippen LogP contribution in [0, 0.1) is 0 Å². The van der Waals surface area contributed by atoms with Gasteiger partial charge < -0.3 is 19.7 Å². The molecule has 0 aliphatic heterocycles. The van der Waals surface area contributed by atoms with Crippen molar-refractivity contribution in [3.05, 3.63) is 48.5 Å². The van der Waals surface area contributed by atoms with Crippen LogP contribution in [0.1, 0.15) is 6.92 Å². The molecule has 0 bridgehead atoms. The van der Waals surface area contributed by atoms with Gasteiger partial charge in [-0.25, -0.2) is 0 Å². The lowest BCUT2D eigenvalue weighted by molar-refractivity contribution is -0.131. The first kappa shape index (κ1) is 17.2. The smallest absolute Gasteiger partial charge is 0.308 e. The molecule has 23 heavy (non-hydrogen) atoms. The van der Waals surface area contributed by atoms with Crippen LogP contribution >= 0.6 is 11.8 Å². The molecule has 1 unspecified atom stereocenters. The zero-order valence-corrected chi connectivity index (χ0v) is 13.5. The SMILES string of the molecule is CC(=O)Oc1ccc(OCC(O)CSc2ccc(O)cc2)cc1. The maximum atomic E-state index is 10.8. The third kappa shape index (κ3) is 6.22. The number of phenolic OH excluding ortho intramolecular Hbond substituents is 1. The minimum absolute atomic E-state index is 0.165. The van der Waals surface area contributed by atoms with Crippen molar-refractivity contribution >= 4 is 17.7 Å². The van der Waals surface area contributed by atoms with Crippen LogP contribution in [-0.2, 0) is 4.79 Å². The summed E-state index contributed by atoms with van der Waals surface area (Å²) in [6, 6.07) is 13.4. The van der Waals surface area contributed by atoms with Gasteiger partial charge in [0.1, 0.15) is 23.9 Å². The quantitative estimate of drug-likeness (QED) is 0.461. The molecule has 0 aliphatic rings. The number of thioether (sulfide) groups is 1. The van der Waals surface area contributed by atoms with Crippen LogP contribution in [0.2, 0.25) is 0 Å². The summed E-state index contributed by atoms with van der Waals surface area (Å²) in [6.07, 6.45) is -0.623. The van der Waals surface area contributed by atoms with E-state index in [1.54, 1.807) is 48.5 Å². The molecule has 2 N–H and O–H groups in total. The topological polar surface area (TPSA) is 76.0 Å². The van der Waals surface area contributed by atoms with Gasteiger partial charge in [0.2, 0.25) is 0 Å². The Morgan fingerprint density at radius 1 is 1.09 bits per heavy atom. The van der Waals surface area contributed by atoms with Crippen molar-refractivity contribution in [3.8, 4) is 17.2 Å². The summed E-state index contributed by atoms with van der Waals surface area (Å²) in [5, 5.41) is 19.1. The monoisotopic (exact) mass is 334 g/mol. The highest BCUT2D eigenvalue weighted by molar-refractivity contribution is 7.99. The minimum atomic E-state index is -0.623. The number of rotatable bonds is 7. The second-order valence-corrected chi connectivity index (χ2v) is 5.93. The van der Waals surface area contributed by atoms with Crippen molar-refractivity contribution in [1.29, 1.82) is 0 Å². The molecular formula is C17H18O5S. The summed E-state index contributed by atoms with van der Waals surface area (Å²) in [7, 11) is 0. The number of aromatic hydroxyl groups is 1. The number of hydrogen-bond acceptors (Lipinski definition) is 6. The number of esters is 1. The van der Waals surface area contributed by atoms with Gasteiger partial charge in [0.25, 0.3) is 0 Å². The summed E-state index contributed by atoms with van der Waals surface area (Å²) < 4.78 is 10.4. The van der Waals surface area contributed by atoms with Crippen LogP contribution in [0.15, 0.2) is 53.4 Å². The molecule has 122 valence electrons. The number of hydrogen-bond donors (Lipinski definition) is 2. The molecular weight excluding hydrogens is 316 g/mol. The minimum Gasteiger partial charge on any atom is -0.508 e. The lowest BCUT2D eigenvalue weighted by Gasteiger charge is -2.12. The Morgan fingerprint density at radius 3 is 2.30 bits per heavy atom. The fraction of sp³-hybridized carbons (Fsp3) is 0.235. The van der Waals surface area contributed by atoms with E-state index in [0.29, 0.717) is 17.3 Å². The Balaban J connectivity index is 1.74. The van der Waals surface area contributed by atoms with Crippen LogP contribution in [0.25, 0.3) is 0 Å². The Hall–Kier alpha value is -2.18. The van der Waals surface area contributed by atoms with Crippen molar-refractivity contribution in [2.75, 3.05) is 12.4 Å². The van der Waals surface area contributed by atoms with Gasteiger partial charge in [-0.1, -0.05) is 0 Å². The van der Waals surface area contributed by atoms with Crippen LogP contribution < -0.4 is 9.47 Å². The van der Waals surface area contributed by atoms with Crippen molar-refractivity contribution in [3.63, 3.8) is 0 Å². The third-order valence-corrected chi connectivity index (χ3v) is 3.96. The molecule has 0 fully saturated rings. The molecule has 0 aromatic heterocycles. The lowest BCUT2D eigenvalue weighted by Crippen LogP contribution is -2.20. The maximum absolute atomic E-state index is 10.8. The predicted molar refractivity (Wildman–Crippen MR) is 88.1 cm³/mol. The van der Waals surface area contributed by atoms with Gasteiger partial charge in [0.05, 0.1) is 6.10 Å². The van der Waals surface area contributed by atoms with Gasteiger partial charge in [0.15, 0.2) is 0 Å². The maximum Gasteiger partial charge on any atom is 0.308 e. The second-order valence-electron chi connectivity index (χ2n) is 4.83. The zero-order valence-electron chi connectivity index (χ0n) is 12.6. The molecule has 1 atom stereocenters. The van der Waals surface area contributed by atoms with Crippen LogP contribution in [0.3, 0.4) is 0 Å². The van der Waals surface area contributed by atoms with E-state index >= 15 is 0 Å². The Bertz CT molecular complexity index is 624. The molecule has 2 aromatic rings. The van der Waals surface area contributed by atoms with Gasteiger partial charge in [0, 0.05) is 17.6 Å². The van der Waals surface area contributed by atoms with Crippen LogP contribution in [0.4, 0.5) is 0 Å². The van der Waals surface area contributed by atoms with Crippen LogP contribution in [0.5, 0.6) is 17.2 Å². The average Bonchev–Trinajstić information content (AvgIpc) is 2.53. The fourth-order valence-electron chi connectivity index (χ4n) is 1.75. The summed E-state index contributed by atoms with van der Waals surface area (Å²) in [4.78, 5) is 11.8. The molecule has 0 aliphatic carbocycles. The number of aliphatic hydroxyl groups excluding tert-OH is 1. The summed E-state index contributed by atoms with van der Waals surface area (Å²) in [5.41, 5.74) is 0. The second kappa shape index (κ2) is 8.45. The van der Waals surface area contributed by atoms with Crippen molar-refractivity contribution in [2.24, 2.45) is 0 Å². The Labute approximate surface area is 138 Å². The van der Waals surface area contributed by atoms with E-state index in [0.717, 1.165) is 4.90 Å². The van der Waals surface area contributed by atoms with Gasteiger partial charge >= 0.3 is 5.97 Å². The zero-order chi connectivity index (χ0) is 16.7. The van der Waals surface area contributed by atoms with Crippen LogP contribution in [-0.4, -0.2) is 34.6 Å². The Morgan fingerprint density at radius 2 is 1.70 bits per heavy atom. The van der Waals surface area contributed by atoms with Gasteiger partial charge in [-0.05, 0) is 48.5 Å². The lowest BCUT2D eigenvalue weighted by atomic mass is 10.3. The highest BCUT2D eigenvalue weighted by Crippen LogP contribution is 2.22. The van der Waals surface area contributed by atoms with E-state index in [4.69, 9.17) is 9.47 Å². The normalized spacial score (nSPS) is 11.7. The molecule has 0 radical (unpaired) electrons. The Kier molecular flexibility index (Phi) is 6.31. The number of ether oxygens (including phenoxy) is 2. The molecule has 0 amide bonds. The molecule has 0 heterocycles. The van der Waals surface area contributed by atoms with Gasteiger partial charge in [-0.15, -0.1) is 11.8 Å². The standard InChI is InChI=1S/C17H18O5S/c1-12(18)22-16-6-4-15(5-7-16)21-10-14(20)11-23-17-8-2-13(19)3-9-17/h2-9,14,19-20H,10-11H2,1H3. The first-order chi connectivity index (χ1) is 11.0. The van der Waals surface area contributed by atoms with Gasteiger partial charge in [-0.3, -0.25) is 4.79 Å². The molecule has 0 saturated heterocycles. The third-order valence-electron chi connectivity index (χ3n) is 2.81. The van der Waals surface area contributed by atoms with Gasteiger partial charge in [-0.2, -0.15) is 0 Å². The molecule has 0 saturated carbocycles. The fourth-order valence-corrected chi connectivity index (χ4v) is 2.55. The van der Waals surface area contributed by atoms with E-state index in [2.05, 4.69) is 0 Å². The highest BCUT2D eigenvalue weighted by atomic mass is 32.2. The van der Waals surface area contributed by atoms with Crippen molar-refractivity contribution in [1.82, 2.24) is 0 Å². The molecule has 5 nitrogen and oxygen atoms in total. The average molecular weight is 334 g/mol. The number of benzene rings is 2.